The van der Waals surface area contributed by atoms with E-state index in [2.05, 4.69) is 10.6 Å². The zero-order chi connectivity index (χ0) is 21.7. The SMILES string of the molecule is CC(C)C(=O)N[C@H](C(N)=O)C(=O)Nc1ccc(N2CCOCC2=O)c(C(F)F)c1. The molecule has 0 spiro atoms. The molecule has 1 saturated heterocycles. The molecule has 29 heavy (non-hydrogen) atoms. The molecule has 0 radical (unpaired) electrons. The van der Waals surface area contributed by atoms with E-state index in [1.54, 1.807) is 13.8 Å². The molecule has 2 rings (SSSR count). The highest BCUT2D eigenvalue weighted by atomic mass is 19.3. The molecule has 0 aliphatic carbocycles. The summed E-state index contributed by atoms with van der Waals surface area (Å²) in [5.41, 5.74) is 4.66. The lowest BCUT2D eigenvalue weighted by Crippen LogP contribution is -2.52. The van der Waals surface area contributed by atoms with Crippen molar-refractivity contribution in [1.29, 1.82) is 0 Å². The molecule has 1 aromatic rings. The molecule has 9 nitrogen and oxygen atoms in total. The molecular weight excluding hydrogens is 390 g/mol. The topological polar surface area (TPSA) is 131 Å². The number of carbonyl (C=O) groups excluding carboxylic acids is 4. The molecule has 1 atom stereocenters. The minimum Gasteiger partial charge on any atom is -0.370 e. The average molecular weight is 412 g/mol. The van der Waals surface area contributed by atoms with Crippen molar-refractivity contribution in [3.8, 4) is 0 Å². The van der Waals surface area contributed by atoms with Gasteiger partial charge in [-0.2, -0.15) is 0 Å². The Morgan fingerprint density at radius 1 is 1.21 bits per heavy atom. The van der Waals surface area contributed by atoms with E-state index < -0.39 is 47.6 Å². The third kappa shape index (κ3) is 5.47. The van der Waals surface area contributed by atoms with E-state index in [4.69, 9.17) is 10.5 Å². The maximum absolute atomic E-state index is 13.6. The Morgan fingerprint density at radius 2 is 1.90 bits per heavy atom. The number of amides is 4. The number of rotatable bonds is 7. The summed E-state index contributed by atoms with van der Waals surface area (Å²) < 4.78 is 32.1. The molecule has 158 valence electrons. The number of nitrogens with one attached hydrogen (secondary N) is 2. The van der Waals surface area contributed by atoms with Crippen LogP contribution in [0.3, 0.4) is 0 Å². The number of anilines is 2. The molecule has 0 aromatic heterocycles. The fourth-order valence-corrected chi connectivity index (χ4v) is 2.61. The van der Waals surface area contributed by atoms with Crippen molar-refractivity contribution in [2.24, 2.45) is 11.7 Å². The molecule has 1 fully saturated rings. The van der Waals surface area contributed by atoms with Gasteiger partial charge in [-0.1, -0.05) is 13.8 Å². The lowest BCUT2D eigenvalue weighted by Gasteiger charge is -2.29. The summed E-state index contributed by atoms with van der Waals surface area (Å²) in [6, 6.07) is 1.92. The molecule has 1 aliphatic rings. The minimum absolute atomic E-state index is 0.00543. The number of morpholine rings is 1. The summed E-state index contributed by atoms with van der Waals surface area (Å²) in [5.74, 6) is -3.60. The summed E-state index contributed by atoms with van der Waals surface area (Å²) >= 11 is 0. The zero-order valence-electron chi connectivity index (χ0n) is 15.9. The van der Waals surface area contributed by atoms with Crippen molar-refractivity contribution in [3.05, 3.63) is 23.8 Å². The molecular formula is C18H22F2N4O5. The molecule has 11 heteroatoms. The van der Waals surface area contributed by atoms with Crippen molar-refractivity contribution in [1.82, 2.24) is 5.32 Å². The van der Waals surface area contributed by atoms with Gasteiger partial charge in [-0.3, -0.25) is 19.2 Å². The first-order valence-electron chi connectivity index (χ1n) is 8.82. The van der Waals surface area contributed by atoms with Gasteiger partial charge in [0, 0.05) is 23.7 Å². The highest BCUT2D eigenvalue weighted by molar-refractivity contribution is 6.11. The fourth-order valence-electron chi connectivity index (χ4n) is 2.61. The monoisotopic (exact) mass is 412 g/mol. The lowest BCUT2D eigenvalue weighted by molar-refractivity contribution is -0.134. The lowest BCUT2D eigenvalue weighted by atomic mass is 10.1. The van der Waals surface area contributed by atoms with Gasteiger partial charge in [-0.25, -0.2) is 8.78 Å². The summed E-state index contributed by atoms with van der Waals surface area (Å²) in [6.07, 6.45) is -2.93. The van der Waals surface area contributed by atoms with Gasteiger partial charge in [0.15, 0.2) is 6.04 Å². The van der Waals surface area contributed by atoms with Gasteiger partial charge in [-0.05, 0) is 18.2 Å². The number of alkyl halides is 2. The normalized spacial score (nSPS) is 15.4. The van der Waals surface area contributed by atoms with E-state index in [1.165, 1.54) is 17.0 Å². The van der Waals surface area contributed by atoms with Crippen molar-refractivity contribution in [3.63, 3.8) is 0 Å². The summed E-state index contributed by atoms with van der Waals surface area (Å²) in [5, 5.41) is 4.49. The Bertz CT molecular complexity index is 815. The molecule has 1 heterocycles. The van der Waals surface area contributed by atoms with Gasteiger partial charge in [0.1, 0.15) is 6.61 Å². The smallest absolute Gasteiger partial charge is 0.265 e. The second-order valence-corrected chi connectivity index (χ2v) is 6.66. The number of halogens is 2. The summed E-state index contributed by atoms with van der Waals surface area (Å²) in [7, 11) is 0. The Hall–Kier alpha value is -3.08. The number of nitrogens with two attached hydrogens (primary N) is 1. The van der Waals surface area contributed by atoms with E-state index in [9.17, 15) is 28.0 Å². The third-order valence-electron chi connectivity index (χ3n) is 4.16. The van der Waals surface area contributed by atoms with Crippen LogP contribution in [0.15, 0.2) is 18.2 Å². The zero-order valence-corrected chi connectivity index (χ0v) is 15.9. The number of nitrogens with zero attached hydrogens (tertiary/aromatic N) is 1. The number of primary amides is 1. The Kier molecular flexibility index (Phi) is 7.21. The molecule has 4 N–H and O–H groups in total. The number of carbonyl (C=O) groups is 4. The predicted molar refractivity (Wildman–Crippen MR) is 99.2 cm³/mol. The number of benzene rings is 1. The van der Waals surface area contributed by atoms with Gasteiger partial charge in [0.05, 0.1) is 12.3 Å². The van der Waals surface area contributed by atoms with E-state index in [1.807, 2.05) is 0 Å². The summed E-state index contributed by atoms with van der Waals surface area (Å²) in [4.78, 5) is 48.8. The number of ether oxygens (including phenoxy) is 1. The highest BCUT2D eigenvalue weighted by Gasteiger charge is 2.29. The first-order valence-corrected chi connectivity index (χ1v) is 8.82. The molecule has 1 aliphatic heterocycles. The highest BCUT2D eigenvalue weighted by Crippen LogP contribution is 2.33. The molecule has 0 bridgehead atoms. The first kappa shape index (κ1) is 22.2. The molecule has 0 saturated carbocycles. The van der Waals surface area contributed by atoms with E-state index in [0.29, 0.717) is 0 Å². The number of hydrogen-bond donors (Lipinski definition) is 3. The van der Waals surface area contributed by atoms with Crippen LogP contribution in [0.4, 0.5) is 20.2 Å². The second kappa shape index (κ2) is 9.41. The van der Waals surface area contributed by atoms with Crippen molar-refractivity contribution in [2.45, 2.75) is 26.3 Å². The molecule has 0 unspecified atom stereocenters. The first-order chi connectivity index (χ1) is 13.6. The quantitative estimate of drug-likeness (QED) is 0.563. The third-order valence-corrected chi connectivity index (χ3v) is 4.16. The average Bonchev–Trinajstić information content (AvgIpc) is 2.65. The Labute approximate surface area is 165 Å². The van der Waals surface area contributed by atoms with Crippen LogP contribution in [0, 0.1) is 5.92 Å². The van der Waals surface area contributed by atoms with Crippen LogP contribution in [0.25, 0.3) is 0 Å². The van der Waals surface area contributed by atoms with Crippen molar-refractivity contribution >= 4 is 35.0 Å². The van der Waals surface area contributed by atoms with Crippen molar-refractivity contribution < 1.29 is 32.7 Å². The minimum atomic E-state index is -2.93. The van der Waals surface area contributed by atoms with Gasteiger partial charge >= 0.3 is 0 Å². The van der Waals surface area contributed by atoms with Gasteiger partial charge < -0.3 is 26.0 Å². The van der Waals surface area contributed by atoms with E-state index in [-0.39, 0.29) is 31.1 Å². The van der Waals surface area contributed by atoms with Gasteiger partial charge in [-0.15, -0.1) is 0 Å². The van der Waals surface area contributed by atoms with Crippen LogP contribution in [-0.2, 0) is 23.9 Å². The van der Waals surface area contributed by atoms with Crippen LogP contribution in [-0.4, -0.2) is 49.4 Å². The van der Waals surface area contributed by atoms with Crippen molar-refractivity contribution in [2.75, 3.05) is 30.0 Å². The predicted octanol–water partition coefficient (Wildman–Crippen LogP) is 0.552. The Balaban J connectivity index is 2.24. The van der Waals surface area contributed by atoms with Gasteiger partial charge in [0.25, 0.3) is 18.2 Å². The van der Waals surface area contributed by atoms with Crippen LogP contribution in [0.1, 0.15) is 25.8 Å². The van der Waals surface area contributed by atoms with E-state index >= 15 is 0 Å². The van der Waals surface area contributed by atoms with Gasteiger partial charge in [0.2, 0.25) is 11.8 Å². The second-order valence-electron chi connectivity index (χ2n) is 6.66. The maximum atomic E-state index is 13.6. The fraction of sp³-hybridized carbons (Fsp3) is 0.444. The number of hydrogen-bond acceptors (Lipinski definition) is 5. The Morgan fingerprint density at radius 3 is 2.45 bits per heavy atom. The maximum Gasteiger partial charge on any atom is 0.265 e. The van der Waals surface area contributed by atoms with Crippen LogP contribution in [0.5, 0.6) is 0 Å². The standard InChI is InChI=1S/C18H22F2N4O5/c1-9(2)17(27)23-14(16(21)26)18(28)22-10-3-4-12(11(7-10)15(19)20)24-5-6-29-8-13(24)25/h3-4,7,9,14-15H,5-6,8H2,1-2H3,(H2,21,26)(H,22,28)(H,23,27)/t14-/m1/s1. The molecule has 1 aromatic carbocycles. The van der Waals surface area contributed by atoms with E-state index in [0.717, 1.165) is 6.07 Å². The largest absolute Gasteiger partial charge is 0.370 e. The van der Waals surface area contributed by atoms with Crippen LogP contribution in [0.2, 0.25) is 0 Å². The summed E-state index contributed by atoms with van der Waals surface area (Å²) in [6.45, 7) is 3.24. The molecule has 4 amide bonds. The van der Waals surface area contributed by atoms with Crippen LogP contribution < -0.4 is 21.3 Å². The van der Waals surface area contributed by atoms with Crippen LogP contribution >= 0.6 is 0 Å².